The summed E-state index contributed by atoms with van der Waals surface area (Å²) in [5.41, 5.74) is 2.83. The Hall–Kier alpha value is -3.06. The van der Waals surface area contributed by atoms with Crippen LogP contribution in [0.15, 0.2) is 71.8 Å². The van der Waals surface area contributed by atoms with E-state index in [1.54, 1.807) is 44.5 Å². The molecule has 0 bridgehead atoms. The van der Waals surface area contributed by atoms with Crippen LogP contribution in [0.25, 0.3) is 0 Å². The summed E-state index contributed by atoms with van der Waals surface area (Å²) < 4.78 is 32.8. The zero-order valence-corrected chi connectivity index (χ0v) is 16.7. The minimum Gasteiger partial charge on any atom is -0.496 e. The molecule has 0 radical (unpaired) electrons. The van der Waals surface area contributed by atoms with E-state index in [2.05, 4.69) is 27.2 Å². The second kappa shape index (κ2) is 8.75. The van der Waals surface area contributed by atoms with E-state index in [4.69, 9.17) is 4.74 Å². The van der Waals surface area contributed by atoms with Crippen molar-refractivity contribution in [3.8, 4) is 5.75 Å². The highest BCUT2D eigenvalue weighted by Crippen LogP contribution is 2.23. The van der Waals surface area contributed by atoms with Crippen molar-refractivity contribution in [2.75, 3.05) is 23.7 Å². The Labute approximate surface area is 165 Å². The molecule has 3 rings (SSSR count). The first-order valence-corrected chi connectivity index (χ1v) is 10.4. The summed E-state index contributed by atoms with van der Waals surface area (Å²) in [5, 5.41) is 3.28. The van der Waals surface area contributed by atoms with Crippen molar-refractivity contribution in [1.82, 2.24) is 4.98 Å². The Morgan fingerprint density at radius 2 is 1.82 bits per heavy atom. The lowest BCUT2D eigenvalue weighted by molar-refractivity contribution is 0.411. The Kier molecular flexibility index (Phi) is 6.16. The van der Waals surface area contributed by atoms with Crippen LogP contribution in [0.4, 0.5) is 11.5 Å². The number of benzene rings is 2. The van der Waals surface area contributed by atoms with Gasteiger partial charge in [-0.25, -0.2) is 13.4 Å². The third-order valence-corrected chi connectivity index (χ3v) is 5.62. The average Bonchev–Trinajstić information content (AvgIpc) is 2.70. The van der Waals surface area contributed by atoms with Gasteiger partial charge in [0.1, 0.15) is 11.6 Å². The molecule has 0 atom stereocenters. The van der Waals surface area contributed by atoms with Crippen molar-refractivity contribution >= 4 is 21.5 Å². The molecule has 7 heteroatoms. The smallest absolute Gasteiger partial charge is 0.263 e. The highest BCUT2D eigenvalue weighted by molar-refractivity contribution is 7.92. The number of nitrogens with zero attached hydrogens (tertiary/aromatic N) is 1. The van der Waals surface area contributed by atoms with Crippen LogP contribution in [0.2, 0.25) is 0 Å². The van der Waals surface area contributed by atoms with Crippen molar-refractivity contribution in [3.63, 3.8) is 0 Å². The Morgan fingerprint density at radius 3 is 2.46 bits per heavy atom. The van der Waals surface area contributed by atoms with Crippen LogP contribution in [0.5, 0.6) is 5.75 Å². The molecule has 0 saturated heterocycles. The summed E-state index contributed by atoms with van der Waals surface area (Å²) >= 11 is 0. The average molecular weight is 398 g/mol. The monoisotopic (exact) mass is 397 g/mol. The molecular formula is C21H23N3O3S. The van der Waals surface area contributed by atoms with Gasteiger partial charge in [-0.3, -0.25) is 4.72 Å². The topological polar surface area (TPSA) is 80.3 Å². The molecule has 2 aromatic carbocycles. The zero-order valence-electron chi connectivity index (χ0n) is 15.8. The third-order valence-electron chi connectivity index (χ3n) is 4.26. The number of ether oxygens (including phenoxy) is 1. The summed E-state index contributed by atoms with van der Waals surface area (Å²) in [4.78, 5) is 4.36. The summed E-state index contributed by atoms with van der Waals surface area (Å²) in [6, 6.07) is 18.3. The maximum Gasteiger partial charge on any atom is 0.263 e. The molecule has 0 aliphatic rings. The summed E-state index contributed by atoms with van der Waals surface area (Å²) in [6.07, 6.45) is 2.51. The molecule has 0 fully saturated rings. The first-order valence-electron chi connectivity index (χ1n) is 8.89. The van der Waals surface area contributed by atoms with Gasteiger partial charge in [0.25, 0.3) is 10.0 Å². The predicted octanol–water partition coefficient (Wildman–Crippen LogP) is 3.85. The van der Waals surface area contributed by atoms with Crippen LogP contribution >= 0.6 is 0 Å². The number of nitrogens with one attached hydrogen (secondary N) is 2. The molecule has 0 amide bonds. The molecule has 0 saturated carbocycles. The van der Waals surface area contributed by atoms with Crippen LogP contribution in [-0.2, 0) is 16.4 Å². The highest BCUT2D eigenvalue weighted by atomic mass is 32.2. The van der Waals surface area contributed by atoms with Crippen LogP contribution in [0.1, 0.15) is 11.1 Å². The molecule has 6 nitrogen and oxygen atoms in total. The largest absolute Gasteiger partial charge is 0.496 e. The Bertz CT molecular complexity index is 1020. The zero-order chi connectivity index (χ0) is 20.0. The van der Waals surface area contributed by atoms with Gasteiger partial charge in [-0.05, 0) is 54.8 Å². The predicted molar refractivity (Wildman–Crippen MR) is 111 cm³/mol. The summed E-state index contributed by atoms with van der Waals surface area (Å²) in [7, 11) is -2.17. The number of methoxy groups -OCH3 is 1. The molecule has 28 heavy (non-hydrogen) atoms. The summed E-state index contributed by atoms with van der Waals surface area (Å²) in [5.74, 6) is 0.907. The lowest BCUT2D eigenvalue weighted by atomic mass is 10.1. The number of anilines is 2. The highest BCUT2D eigenvalue weighted by Gasteiger charge is 2.16. The fraction of sp³-hybridized carbons (Fsp3) is 0.190. The van der Waals surface area contributed by atoms with Gasteiger partial charge in [-0.15, -0.1) is 0 Å². The third kappa shape index (κ3) is 5.01. The molecule has 1 aromatic heterocycles. The minimum absolute atomic E-state index is 0.165. The molecule has 0 spiro atoms. The van der Waals surface area contributed by atoms with Gasteiger partial charge in [0.05, 0.1) is 23.9 Å². The number of hydrogen-bond acceptors (Lipinski definition) is 5. The first-order chi connectivity index (χ1) is 13.5. The molecule has 0 aliphatic heterocycles. The minimum atomic E-state index is -3.72. The number of aromatic nitrogens is 1. The lowest BCUT2D eigenvalue weighted by Crippen LogP contribution is -2.14. The quantitative estimate of drug-likeness (QED) is 0.603. The SMILES string of the molecule is COc1ccc(S(=O)(=O)Nc2ccc(NCCc3ccccc3)cn2)cc1C. The second-order valence-corrected chi connectivity index (χ2v) is 8.01. The van der Waals surface area contributed by atoms with E-state index in [0.29, 0.717) is 5.75 Å². The van der Waals surface area contributed by atoms with Gasteiger partial charge in [-0.1, -0.05) is 30.3 Å². The lowest BCUT2D eigenvalue weighted by Gasteiger charge is -2.11. The van der Waals surface area contributed by atoms with E-state index >= 15 is 0 Å². The fourth-order valence-electron chi connectivity index (χ4n) is 2.77. The molecule has 2 N–H and O–H groups in total. The van der Waals surface area contributed by atoms with Gasteiger partial charge in [0, 0.05) is 6.54 Å². The Morgan fingerprint density at radius 1 is 1.04 bits per heavy atom. The second-order valence-electron chi connectivity index (χ2n) is 6.33. The molecule has 0 aliphatic carbocycles. The van der Waals surface area contributed by atoms with Crippen LogP contribution in [0.3, 0.4) is 0 Å². The molecule has 1 heterocycles. The molecular weight excluding hydrogens is 374 g/mol. The fourth-order valence-corrected chi connectivity index (χ4v) is 3.86. The molecule has 3 aromatic rings. The van der Waals surface area contributed by atoms with E-state index in [9.17, 15) is 8.42 Å². The van der Waals surface area contributed by atoms with Crippen LogP contribution in [0, 0.1) is 6.92 Å². The van der Waals surface area contributed by atoms with Crippen LogP contribution in [-0.4, -0.2) is 27.1 Å². The molecule has 146 valence electrons. The van der Waals surface area contributed by atoms with Crippen LogP contribution < -0.4 is 14.8 Å². The maximum atomic E-state index is 12.6. The van der Waals surface area contributed by atoms with Crippen molar-refractivity contribution in [2.24, 2.45) is 0 Å². The number of hydrogen-bond donors (Lipinski definition) is 2. The van der Waals surface area contributed by atoms with E-state index in [0.717, 1.165) is 24.2 Å². The standard InChI is InChI=1S/C21H23N3O3S/c1-16-14-19(9-10-20(16)27-2)28(25,26)24-21-11-8-18(15-23-21)22-13-12-17-6-4-3-5-7-17/h3-11,14-15,22H,12-13H2,1-2H3,(H,23,24). The van der Waals surface area contributed by atoms with Crippen molar-refractivity contribution in [2.45, 2.75) is 18.2 Å². The van der Waals surface area contributed by atoms with E-state index in [-0.39, 0.29) is 10.7 Å². The number of sulfonamides is 1. The van der Waals surface area contributed by atoms with Gasteiger partial charge < -0.3 is 10.1 Å². The number of rotatable bonds is 8. The van der Waals surface area contributed by atoms with E-state index in [1.807, 2.05) is 18.2 Å². The van der Waals surface area contributed by atoms with Gasteiger partial charge in [0.2, 0.25) is 0 Å². The van der Waals surface area contributed by atoms with Gasteiger partial charge >= 0.3 is 0 Å². The normalized spacial score (nSPS) is 11.1. The first kappa shape index (κ1) is 19.7. The Balaban J connectivity index is 1.60. The van der Waals surface area contributed by atoms with Gasteiger partial charge in [0.15, 0.2) is 0 Å². The van der Waals surface area contributed by atoms with Crippen molar-refractivity contribution in [3.05, 3.63) is 78.0 Å². The van der Waals surface area contributed by atoms with Gasteiger partial charge in [-0.2, -0.15) is 0 Å². The van der Waals surface area contributed by atoms with Crippen molar-refractivity contribution < 1.29 is 13.2 Å². The van der Waals surface area contributed by atoms with Crippen molar-refractivity contribution in [1.29, 1.82) is 0 Å². The van der Waals surface area contributed by atoms with E-state index in [1.165, 1.54) is 11.6 Å². The van der Waals surface area contributed by atoms with E-state index < -0.39 is 10.0 Å². The summed E-state index contributed by atoms with van der Waals surface area (Å²) in [6.45, 7) is 2.56. The number of aryl methyl sites for hydroxylation is 1. The maximum absolute atomic E-state index is 12.6. The molecule has 0 unspecified atom stereocenters. The number of pyridine rings is 1.